The van der Waals surface area contributed by atoms with E-state index in [4.69, 9.17) is 25.8 Å². The highest BCUT2D eigenvalue weighted by Crippen LogP contribution is 2.46. The SMILES string of the molecule is CCOc1cc(C2/C(=C(\O)c3cc(OC)ccc3Cl)C(=O)C(=O)N2c2cccc(C)c2C)ccc1OC. The monoisotopic (exact) mass is 521 g/mol. The summed E-state index contributed by atoms with van der Waals surface area (Å²) in [5.74, 6) is -0.578. The Morgan fingerprint density at radius 3 is 2.43 bits per heavy atom. The molecule has 1 fully saturated rings. The Hall–Kier alpha value is -3.97. The molecule has 3 aromatic carbocycles. The summed E-state index contributed by atoms with van der Waals surface area (Å²) in [5.41, 5.74) is 3.02. The van der Waals surface area contributed by atoms with E-state index >= 15 is 0 Å². The van der Waals surface area contributed by atoms with Gasteiger partial charge in [-0.05, 0) is 73.9 Å². The first-order valence-electron chi connectivity index (χ1n) is 11.7. The van der Waals surface area contributed by atoms with Gasteiger partial charge in [-0.15, -0.1) is 0 Å². The molecule has 0 bridgehead atoms. The zero-order valence-electron chi connectivity index (χ0n) is 21.3. The third-order valence-electron chi connectivity index (χ3n) is 6.51. The van der Waals surface area contributed by atoms with Crippen LogP contribution in [-0.4, -0.2) is 37.6 Å². The summed E-state index contributed by atoms with van der Waals surface area (Å²) < 4.78 is 16.5. The van der Waals surface area contributed by atoms with Crippen molar-refractivity contribution in [3.63, 3.8) is 0 Å². The second-order valence-electron chi connectivity index (χ2n) is 8.58. The van der Waals surface area contributed by atoms with Crippen molar-refractivity contribution in [3.8, 4) is 17.2 Å². The van der Waals surface area contributed by atoms with Crippen molar-refractivity contribution in [2.45, 2.75) is 26.8 Å². The molecule has 1 aliphatic rings. The number of carbonyl (C=O) groups excluding carboxylic acids is 2. The second-order valence-corrected chi connectivity index (χ2v) is 8.98. The van der Waals surface area contributed by atoms with Gasteiger partial charge in [0.25, 0.3) is 11.7 Å². The number of anilines is 1. The summed E-state index contributed by atoms with van der Waals surface area (Å²) in [4.78, 5) is 28.5. The number of benzene rings is 3. The van der Waals surface area contributed by atoms with Crippen LogP contribution in [0.15, 0.2) is 60.2 Å². The number of hydrogen-bond donors (Lipinski definition) is 1. The molecule has 1 amide bonds. The predicted octanol–water partition coefficient (Wildman–Crippen LogP) is 6.00. The molecule has 1 atom stereocenters. The standard InChI is InChI=1S/C29H28ClNO6/c1-6-37-24-14-18(10-13-23(24)36-5)26-25(27(32)20-15-19(35-4)11-12-21(20)30)28(33)29(34)31(26)22-9-7-8-16(2)17(22)3/h7-15,26,32H,6H2,1-5H3/b27-25+. The lowest BCUT2D eigenvalue weighted by Crippen LogP contribution is -2.30. The number of rotatable bonds is 7. The summed E-state index contributed by atoms with van der Waals surface area (Å²) >= 11 is 6.41. The number of methoxy groups -OCH3 is 2. The molecule has 1 aliphatic heterocycles. The Morgan fingerprint density at radius 2 is 1.76 bits per heavy atom. The van der Waals surface area contributed by atoms with Gasteiger partial charge in [0.2, 0.25) is 0 Å². The molecular weight excluding hydrogens is 494 g/mol. The molecule has 0 aromatic heterocycles. The highest BCUT2D eigenvalue weighted by molar-refractivity contribution is 6.52. The molecule has 7 nitrogen and oxygen atoms in total. The third-order valence-corrected chi connectivity index (χ3v) is 6.84. The van der Waals surface area contributed by atoms with Gasteiger partial charge in [-0.25, -0.2) is 0 Å². The Labute approximate surface area is 220 Å². The first kappa shape index (κ1) is 26.1. The van der Waals surface area contributed by atoms with E-state index in [1.165, 1.54) is 25.2 Å². The maximum atomic E-state index is 13.6. The van der Waals surface area contributed by atoms with E-state index in [2.05, 4.69) is 0 Å². The number of carbonyl (C=O) groups is 2. The number of amides is 1. The molecular formula is C29H28ClNO6. The Bertz CT molecular complexity index is 1410. The maximum absolute atomic E-state index is 13.6. The first-order valence-corrected chi connectivity index (χ1v) is 12.1. The molecule has 3 aromatic rings. The molecule has 0 aliphatic carbocycles. The van der Waals surface area contributed by atoms with Crippen molar-refractivity contribution in [1.29, 1.82) is 0 Å². The molecule has 0 spiro atoms. The van der Waals surface area contributed by atoms with Crippen LogP contribution in [0, 0.1) is 13.8 Å². The molecule has 192 valence electrons. The fraction of sp³-hybridized carbons (Fsp3) is 0.241. The van der Waals surface area contributed by atoms with Crippen LogP contribution in [0.4, 0.5) is 5.69 Å². The van der Waals surface area contributed by atoms with Gasteiger partial charge in [-0.2, -0.15) is 0 Å². The van der Waals surface area contributed by atoms with Gasteiger partial charge < -0.3 is 19.3 Å². The number of nitrogens with zero attached hydrogens (tertiary/aromatic N) is 1. The molecule has 1 unspecified atom stereocenters. The molecule has 37 heavy (non-hydrogen) atoms. The number of ketones is 1. The van der Waals surface area contributed by atoms with Gasteiger partial charge in [0.1, 0.15) is 11.5 Å². The summed E-state index contributed by atoms with van der Waals surface area (Å²) in [6.07, 6.45) is 0. The summed E-state index contributed by atoms with van der Waals surface area (Å²) in [5, 5.41) is 11.7. The van der Waals surface area contributed by atoms with Crippen LogP contribution in [0.5, 0.6) is 17.2 Å². The summed E-state index contributed by atoms with van der Waals surface area (Å²) in [7, 11) is 3.02. The highest BCUT2D eigenvalue weighted by atomic mass is 35.5. The molecule has 1 heterocycles. The van der Waals surface area contributed by atoms with Gasteiger partial charge in [-0.1, -0.05) is 29.8 Å². The van der Waals surface area contributed by atoms with Crippen molar-refractivity contribution >= 4 is 34.7 Å². The lowest BCUT2D eigenvalue weighted by Gasteiger charge is -2.28. The van der Waals surface area contributed by atoms with E-state index in [0.29, 0.717) is 35.1 Å². The van der Waals surface area contributed by atoms with Crippen LogP contribution in [-0.2, 0) is 9.59 Å². The Kier molecular flexibility index (Phi) is 7.45. The Balaban J connectivity index is 2.03. The number of aryl methyl sites for hydroxylation is 1. The van der Waals surface area contributed by atoms with Crippen LogP contribution in [0.3, 0.4) is 0 Å². The number of aliphatic hydroxyl groups excluding tert-OH is 1. The highest BCUT2D eigenvalue weighted by Gasteiger charge is 2.47. The van der Waals surface area contributed by atoms with Gasteiger partial charge in [0.05, 0.1) is 37.5 Å². The van der Waals surface area contributed by atoms with E-state index < -0.39 is 23.5 Å². The van der Waals surface area contributed by atoms with Crippen molar-refractivity contribution < 1.29 is 28.9 Å². The van der Waals surface area contributed by atoms with E-state index in [9.17, 15) is 14.7 Å². The molecule has 0 saturated carbocycles. The molecule has 1 saturated heterocycles. The minimum absolute atomic E-state index is 0.0892. The second kappa shape index (κ2) is 10.6. The van der Waals surface area contributed by atoms with Crippen LogP contribution in [0.2, 0.25) is 5.02 Å². The van der Waals surface area contributed by atoms with Crippen molar-refractivity contribution in [2.24, 2.45) is 0 Å². The van der Waals surface area contributed by atoms with E-state index in [0.717, 1.165) is 11.1 Å². The lowest BCUT2D eigenvalue weighted by molar-refractivity contribution is -0.132. The molecule has 8 heteroatoms. The lowest BCUT2D eigenvalue weighted by atomic mass is 9.94. The summed E-state index contributed by atoms with van der Waals surface area (Å²) in [6, 6.07) is 14.5. The van der Waals surface area contributed by atoms with Gasteiger partial charge in [-0.3, -0.25) is 14.5 Å². The number of aliphatic hydroxyl groups is 1. The van der Waals surface area contributed by atoms with Crippen LogP contribution >= 0.6 is 11.6 Å². The van der Waals surface area contributed by atoms with Gasteiger partial charge in [0.15, 0.2) is 11.5 Å². The van der Waals surface area contributed by atoms with Gasteiger partial charge in [0, 0.05) is 11.3 Å². The van der Waals surface area contributed by atoms with Crippen LogP contribution in [0.1, 0.15) is 35.2 Å². The normalized spacial score (nSPS) is 16.7. The quantitative estimate of drug-likeness (QED) is 0.233. The number of Topliss-reactive ketones (excluding diaryl/α,β-unsaturated/α-hetero) is 1. The average molecular weight is 522 g/mol. The van der Waals surface area contributed by atoms with E-state index in [1.807, 2.05) is 32.9 Å². The fourth-order valence-corrected chi connectivity index (χ4v) is 4.69. The zero-order chi connectivity index (χ0) is 26.9. The van der Waals surface area contributed by atoms with E-state index in [1.54, 1.807) is 36.4 Å². The van der Waals surface area contributed by atoms with Crippen LogP contribution in [0.25, 0.3) is 5.76 Å². The minimum Gasteiger partial charge on any atom is -0.507 e. The first-order chi connectivity index (χ1) is 17.7. The number of hydrogen-bond acceptors (Lipinski definition) is 6. The van der Waals surface area contributed by atoms with E-state index in [-0.39, 0.29) is 16.2 Å². The van der Waals surface area contributed by atoms with Gasteiger partial charge >= 0.3 is 0 Å². The average Bonchev–Trinajstić information content (AvgIpc) is 3.16. The number of halogens is 1. The minimum atomic E-state index is -0.951. The molecule has 4 rings (SSSR count). The maximum Gasteiger partial charge on any atom is 0.300 e. The largest absolute Gasteiger partial charge is 0.507 e. The smallest absolute Gasteiger partial charge is 0.300 e. The van der Waals surface area contributed by atoms with Crippen molar-refractivity contribution in [3.05, 3.63) is 87.4 Å². The topological polar surface area (TPSA) is 85.3 Å². The Morgan fingerprint density at radius 1 is 1.00 bits per heavy atom. The fourth-order valence-electron chi connectivity index (χ4n) is 4.48. The third kappa shape index (κ3) is 4.62. The van der Waals surface area contributed by atoms with Crippen molar-refractivity contribution in [1.82, 2.24) is 0 Å². The summed E-state index contributed by atoms with van der Waals surface area (Å²) in [6.45, 7) is 6.05. The molecule has 0 radical (unpaired) electrons. The predicted molar refractivity (Wildman–Crippen MR) is 143 cm³/mol. The molecule has 1 N–H and O–H groups in total. The van der Waals surface area contributed by atoms with Crippen LogP contribution < -0.4 is 19.1 Å². The van der Waals surface area contributed by atoms with Crippen molar-refractivity contribution in [2.75, 3.05) is 25.7 Å². The zero-order valence-corrected chi connectivity index (χ0v) is 22.1. The number of ether oxygens (including phenoxy) is 3.